The first-order valence-electron chi connectivity index (χ1n) is 26.9. The first-order chi connectivity index (χ1) is 38.6. The van der Waals surface area contributed by atoms with Gasteiger partial charge in [0.1, 0.15) is 5.75 Å². The van der Waals surface area contributed by atoms with Crippen LogP contribution in [0, 0.1) is 11.8 Å². The molecule has 2 N–H and O–H groups in total. The van der Waals surface area contributed by atoms with E-state index in [2.05, 4.69) is 10.6 Å². The van der Waals surface area contributed by atoms with E-state index < -0.39 is 12.0 Å². The third-order valence-electron chi connectivity index (χ3n) is 14.7. The van der Waals surface area contributed by atoms with Gasteiger partial charge in [0.2, 0.25) is 11.8 Å². The van der Waals surface area contributed by atoms with Gasteiger partial charge < -0.3 is 44.1 Å². The van der Waals surface area contributed by atoms with Crippen LogP contribution in [0.25, 0.3) is 11.1 Å². The van der Waals surface area contributed by atoms with E-state index in [-0.39, 0.29) is 85.3 Å². The fourth-order valence-corrected chi connectivity index (χ4v) is 10.2. The maximum absolute atomic E-state index is 14.1. The summed E-state index contributed by atoms with van der Waals surface area (Å²) in [6.45, 7) is 6.15. The number of hydrogen-bond acceptors (Lipinski definition) is 14. The van der Waals surface area contributed by atoms with Gasteiger partial charge in [0.15, 0.2) is 28.8 Å². The average molecular weight is 1090 g/mol. The van der Waals surface area contributed by atoms with Gasteiger partial charge in [-0.25, -0.2) is 0 Å². The Morgan fingerprint density at radius 1 is 0.637 bits per heavy atom. The Balaban J connectivity index is 0.739. The SMILES string of the molecule is COc1ccc(C2=CN3C(=O)c4cc(OC)c(OCCCOc5cc6c(cc5OC)C(=O)N5C=C(c7ccc(NC(=O)[C@H](C)CC(=O)C(NC(=O)CCCCCN8C(=O)C=CC8=O)C(C)C)cc7)CC5C=N6)cc4N=C[C@@H]3C2)cc1. The number of amides is 6. The maximum Gasteiger partial charge on any atom is 0.260 e. The standard InChI is InChI=1S/C61H65N7O12/c1-36(2)58(65-55(70)11-8-7-9-22-66-56(71)20-21-57(66)72)50(69)25-37(3)59(73)64-42-16-12-38(13-17-42)40-26-43-32-62-48-30-53(51(77-5)28-46(48)60(74)67(43)34-40)79-23-10-24-80-54-31-49-47(29-52(54)78-6)61(75)68-35-41(27-44(68)33-63-49)39-14-18-45(76-4)19-15-39/h12-21,28-37,43-44,58H,7-11,22-27H2,1-6H3,(H,64,73)(H,65,70)/t37-,43?,44+,58?/m1/s1. The van der Waals surface area contributed by atoms with Crippen LogP contribution in [0.15, 0.2) is 107 Å². The van der Waals surface area contributed by atoms with Crippen LogP contribution < -0.4 is 34.3 Å². The highest BCUT2D eigenvalue weighted by molar-refractivity contribution is 6.13. The van der Waals surface area contributed by atoms with Crippen LogP contribution in [-0.2, 0) is 24.0 Å². The minimum Gasteiger partial charge on any atom is -0.497 e. The van der Waals surface area contributed by atoms with E-state index in [1.807, 2.05) is 62.6 Å². The molecule has 9 rings (SSSR count). The summed E-state index contributed by atoms with van der Waals surface area (Å²) in [4.78, 5) is 105. The number of benzene rings is 4. The Hall–Kier alpha value is -8.87. The Morgan fingerprint density at radius 3 is 1.66 bits per heavy atom. The van der Waals surface area contributed by atoms with Crippen LogP contribution in [0.1, 0.15) is 104 Å². The molecule has 5 aliphatic heterocycles. The Bertz CT molecular complexity index is 3220. The molecule has 6 amide bonds. The number of rotatable bonds is 24. The van der Waals surface area contributed by atoms with Gasteiger partial charge in [-0.15, -0.1) is 0 Å². The third kappa shape index (κ3) is 12.5. The summed E-state index contributed by atoms with van der Waals surface area (Å²) in [7, 11) is 4.66. The summed E-state index contributed by atoms with van der Waals surface area (Å²) in [5.74, 6) is -0.447. The Kier molecular flexibility index (Phi) is 17.4. The van der Waals surface area contributed by atoms with Crippen molar-refractivity contribution in [1.29, 1.82) is 0 Å². The summed E-state index contributed by atoms with van der Waals surface area (Å²) in [6, 6.07) is 20.4. The Labute approximate surface area is 464 Å². The topological polar surface area (TPSA) is 224 Å². The monoisotopic (exact) mass is 1090 g/mol. The van der Waals surface area contributed by atoms with Gasteiger partial charge in [-0.2, -0.15) is 0 Å². The average Bonchev–Trinajstić information content (AvgIpc) is 4.15. The van der Waals surface area contributed by atoms with Gasteiger partial charge in [0, 0.05) is 99.4 Å². The summed E-state index contributed by atoms with van der Waals surface area (Å²) < 4.78 is 29.0. The molecular weight excluding hydrogens is 1020 g/mol. The number of aliphatic imine (C=N–C) groups is 2. The van der Waals surface area contributed by atoms with E-state index in [9.17, 15) is 33.6 Å². The van der Waals surface area contributed by atoms with Crippen molar-refractivity contribution in [3.63, 3.8) is 0 Å². The molecule has 0 bridgehead atoms. The van der Waals surface area contributed by atoms with Crippen LogP contribution in [-0.4, -0.2) is 128 Å². The second-order valence-electron chi connectivity index (χ2n) is 20.6. The van der Waals surface area contributed by atoms with Crippen molar-refractivity contribution in [3.05, 3.63) is 120 Å². The minimum absolute atomic E-state index is 0.0682. The second-order valence-corrected chi connectivity index (χ2v) is 20.6. The molecule has 0 aromatic heterocycles. The van der Waals surface area contributed by atoms with Crippen molar-refractivity contribution in [2.75, 3.05) is 46.4 Å². The number of unbranched alkanes of at least 4 members (excludes halogenated alkanes) is 2. The summed E-state index contributed by atoms with van der Waals surface area (Å²) in [6.07, 6.45) is 13.2. The molecule has 4 aromatic rings. The molecule has 19 heteroatoms. The molecule has 4 atom stereocenters. The van der Waals surface area contributed by atoms with E-state index in [4.69, 9.17) is 33.7 Å². The van der Waals surface area contributed by atoms with Crippen molar-refractivity contribution >= 4 is 81.9 Å². The normalized spacial score (nSPS) is 17.7. The zero-order valence-electron chi connectivity index (χ0n) is 45.7. The zero-order chi connectivity index (χ0) is 56.6. The largest absolute Gasteiger partial charge is 0.497 e. The number of fused-ring (bicyclic) bond motifs is 4. The summed E-state index contributed by atoms with van der Waals surface area (Å²) >= 11 is 0. The lowest BCUT2D eigenvalue weighted by atomic mass is 9.92. The lowest BCUT2D eigenvalue weighted by Crippen LogP contribution is -2.45. The number of nitrogens with zero attached hydrogens (tertiary/aromatic N) is 5. The predicted molar refractivity (Wildman–Crippen MR) is 301 cm³/mol. The predicted octanol–water partition coefficient (Wildman–Crippen LogP) is 8.66. The zero-order valence-corrected chi connectivity index (χ0v) is 45.7. The van der Waals surface area contributed by atoms with Crippen LogP contribution in [0.5, 0.6) is 28.7 Å². The number of carbonyl (C=O) groups is 7. The molecule has 4 aromatic carbocycles. The molecule has 5 heterocycles. The first-order valence-corrected chi connectivity index (χ1v) is 26.9. The van der Waals surface area contributed by atoms with Gasteiger partial charge in [-0.3, -0.25) is 48.4 Å². The van der Waals surface area contributed by atoms with Crippen molar-refractivity contribution < 1.29 is 57.2 Å². The highest BCUT2D eigenvalue weighted by atomic mass is 16.5. The molecule has 0 spiro atoms. The van der Waals surface area contributed by atoms with Crippen LogP contribution in [0.3, 0.4) is 0 Å². The molecule has 0 saturated carbocycles. The van der Waals surface area contributed by atoms with Crippen molar-refractivity contribution in [1.82, 2.24) is 20.0 Å². The molecule has 19 nitrogen and oxygen atoms in total. The quantitative estimate of drug-likeness (QED) is 0.0497. The Morgan fingerprint density at radius 2 is 1.16 bits per heavy atom. The number of carbonyl (C=O) groups excluding carboxylic acids is 7. The van der Waals surface area contributed by atoms with Crippen LogP contribution in [0.2, 0.25) is 0 Å². The van der Waals surface area contributed by atoms with Gasteiger partial charge >= 0.3 is 0 Å². The number of ether oxygens (including phenoxy) is 5. The molecular formula is C61H65N7O12. The molecule has 80 heavy (non-hydrogen) atoms. The van der Waals surface area contributed by atoms with Crippen LogP contribution in [0.4, 0.5) is 17.1 Å². The van der Waals surface area contributed by atoms with Crippen LogP contribution >= 0.6 is 0 Å². The van der Waals surface area contributed by atoms with E-state index in [0.717, 1.165) is 28.0 Å². The van der Waals surface area contributed by atoms with E-state index in [1.165, 1.54) is 31.3 Å². The molecule has 5 aliphatic rings. The number of nitrogens with one attached hydrogen (secondary N) is 2. The van der Waals surface area contributed by atoms with Crippen molar-refractivity contribution in [2.45, 2.75) is 90.3 Å². The van der Waals surface area contributed by atoms with Gasteiger partial charge in [-0.05, 0) is 77.4 Å². The lowest BCUT2D eigenvalue weighted by molar-refractivity contribution is -0.137. The fourth-order valence-electron chi connectivity index (χ4n) is 10.2. The number of hydrogen-bond donors (Lipinski definition) is 2. The maximum atomic E-state index is 14.1. The minimum atomic E-state index is -0.759. The van der Waals surface area contributed by atoms with Gasteiger partial charge in [-0.1, -0.05) is 51.5 Å². The second kappa shape index (κ2) is 24.9. The fraction of sp³-hybridized carbons (Fsp3) is 0.361. The number of imide groups is 1. The van der Waals surface area contributed by atoms with E-state index in [1.54, 1.807) is 72.7 Å². The molecule has 2 unspecified atom stereocenters. The lowest BCUT2D eigenvalue weighted by Gasteiger charge is -2.23. The summed E-state index contributed by atoms with van der Waals surface area (Å²) in [5.41, 5.74) is 6.03. The number of anilines is 1. The highest BCUT2D eigenvalue weighted by Crippen LogP contribution is 2.42. The molecule has 0 aliphatic carbocycles. The molecule has 416 valence electrons. The molecule has 0 radical (unpaired) electrons. The third-order valence-corrected chi connectivity index (χ3v) is 14.7. The van der Waals surface area contributed by atoms with Crippen molar-refractivity contribution in [3.8, 4) is 28.7 Å². The van der Waals surface area contributed by atoms with Crippen molar-refractivity contribution in [2.24, 2.45) is 21.8 Å². The van der Waals surface area contributed by atoms with E-state index in [0.29, 0.717) is 96.3 Å². The number of Topliss-reactive ketones (excluding diaryl/α,β-unsaturated/α-hetero) is 1. The van der Waals surface area contributed by atoms with Gasteiger partial charge in [0.25, 0.3) is 23.6 Å². The van der Waals surface area contributed by atoms with E-state index >= 15 is 0 Å². The number of methoxy groups -OCH3 is 3. The number of ketones is 1. The molecule has 0 fully saturated rings. The summed E-state index contributed by atoms with van der Waals surface area (Å²) in [5, 5.41) is 5.74. The molecule has 0 saturated heterocycles. The highest BCUT2D eigenvalue weighted by Gasteiger charge is 2.36. The smallest absolute Gasteiger partial charge is 0.260 e. The van der Waals surface area contributed by atoms with Gasteiger partial charge in [0.05, 0.1) is 75.2 Å². The first kappa shape index (κ1) is 55.9.